The minimum atomic E-state index is -0.373. The summed E-state index contributed by atoms with van der Waals surface area (Å²) in [7, 11) is 0. The van der Waals surface area contributed by atoms with Crippen LogP contribution in [0.1, 0.15) is 49.3 Å². The molecule has 0 radical (unpaired) electrons. The topological polar surface area (TPSA) is 23.8 Å². The number of alkyl halides is 1. The summed E-state index contributed by atoms with van der Waals surface area (Å²) in [4.78, 5) is 0. The number of nitrogens with zero attached hydrogens (tertiary/aromatic N) is 1. The van der Waals surface area contributed by atoms with Crippen LogP contribution >= 0.6 is 0 Å². The Labute approximate surface area is 96.9 Å². The van der Waals surface area contributed by atoms with Gasteiger partial charge in [0.05, 0.1) is 18.3 Å². The second kappa shape index (κ2) is 6.27. The van der Waals surface area contributed by atoms with E-state index >= 15 is 0 Å². The molecular weight excluding hydrogens is 201 g/mol. The van der Waals surface area contributed by atoms with Crippen molar-refractivity contribution in [3.8, 4) is 6.07 Å². The van der Waals surface area contributed by atoms with Gasteiger partial charge in [-0.3, -0.25) is 4.39 Å². The molecule has 0 N–H and O–H groups in total. The van der Waals surface area contributed by atoms with Crippen molar-refractivity contribution in [3.05, 3.63) is 34.9 Å². The molecular formula is C14H18FN. The molecule has 16 heavy (non-hydrogen) atoms. The van der Waals surface area contributed by atoms with Gasteiger partial charge in [0, 0.05) is 5.92 Å². The lowest BCUT2D eigenvalue weighted by molar-refractivity contribution is 0.447. The minimum Gasteiger partial charge on any atom is -0.250 e. The highest BCUT2D eigenvalue weighted by Gasteiger charge is 2.07. The van der Waals surface area contributed by atoms with Gasteiger partial charge in [0.1, 0.15) is 0 Å². The Bertz CT molecular complexity index is 379. The molecule has 0 bridgehead atoms. The number of unbranched alkanes of at least 4 members (excludes halogenated alkanes) is 1. The number of halogens is 1. The fourth-order valence-electron chi connectivity index (χ4n) is 1.68. The summed E-state index contributed by atoms with van der Waals surface area (Å²) in [5, 5.41) is 8.92. The molecule has 1 unspecified atom stereocenters. The van der Waals surface area contributed by atoms with E-state index < -0.39 is 0 Å². The van der Waals surface area contributed by atoms with Crippen molar-refractivity contribution in [2.24, 2.45) is 0 Å². The van der Waals surface area contributed by atoms with Crippen molar-refractivity contribution in [2.45, 2.75) is 39.0 Å². The van der Waals surface area contributed by atoms with Crippen LogP contribution in [0.25, 0.3) is 0 Å². The van der Waals surface area contributed by atoms with Crippen LogP contribution in [0.2, 0.25) is 0 Å². The van der Waals surface area contributed by atoms with Crippen LogP contribution in [0, 0.1) is 11.3 Å². The smallest absolute Gasteiger partial charge is 0.0991 e. The maximum atomic E-state index is 12.6. The van der Waals surface area contributed by atoms with Gasteiger partial charge in [-0.1, -0.05) is 26.3 Å². The maximum absolute atomic E-state index is 12.6. The van der Waals surface area contributed by atoms with Gasteiger partial charge in [-0.25, -0.2) is 0 Å². The molecule has 0 amide bonds. The maximum Gasteiger partial charge on any atom is 0.0991 e. The first kappa shape index (κ1) is 12.7. The Balaban J connectivity index is 2.97. The Morgan fingerprint density at radius 1 is 1.38 bits per heavy atom. The first-order chi connectivity index (χ1) is 7.71. The summed E-state index contributed by atoms with van der Waals surface area (Å²) >= 11 is 0. The lowest BCUT2D eigenvalue weighted by atomic mass is 9.95. The van der Waals surface area contributed by atoms with Gasteiger partial charge in [-0.2, -0.15) is 5.26 Å². The zero-order valence-corrected chi connectivity index (χ0v) is 9.96. The Kier molecular flexibility index (Phi) is 4.98. The van der Waals surface area contributed by atoms with E-state index in [-0.39, 0.29) is 12.6 Å². The van der Waals surface area contributed by atoms with Gasteiger partial charge in [-0.15, -0.1) is 0 Å². The van der Waals surface area contributed by atoms with Crippen LogP contribution in [0.15, 0.2) is 18.2 Å². The summed E-state index contributed by atoms with van der Waals surface area (Å²) < 4.78 is 12.6. The summed E-state index contributed by atoms with van der Waals surface area (Å²) in [5.74, 6) is -0.117. The third-order valence-electron chi connectivity index (χ3n) is 2.76. The van der Waals surface area contributed by atoms with E-state index in [0.29, 0.717) is 5.56 Å². The van der Waals surface area contributed by atoms with Crippen molar-refractivity contribution < 1.29 is 4.39 Å². The van der Waals surface area contributed by atoms with Gasteiger partial charge in [-0.05, 0) is 36.1 Å². The second-order valence-electron chi connectivity index (χ2n) is 4.23. The van der Waals surface area contributed by atoms with Crippen molar-refractivity contribution in [1.29, 1.82) is 5.26 Å². The molecule has 0 aliphatic carbocycles. The van der Waals surface area contributed by atoms with E-state index in [1.54, 1.807) is 6.07 Å². The van der Waals surface area contributed by atoms with Crippen molar-refractivity contribution >= 4 is 0 Å². The quantitative estimate of drug-likeness (QED) is 0.735. The van der Waals surface area contributed by atoms with E-state index in [4.69, 9.17) is 5.26 Å². The Morgan fingerprint density at radius 3 is 2.69 bits per heavy atom. The third kappa shape index (κ3) is 3.34. The highest BCUT2D eigenvalue weighted by atomic mass is 19.1. The fourth-order valence-corrected chi connectivity index (χ4v) is 1.68. The molecule has 0 spiro atoms. The van der Waals surface area contributed by atoms with Crippen molar-refractivity contribution in [2.75, 3.05) is 6.67 Å². The fraction of sp³-hybridized carbons (Fsp3) is 0.500. The monoisotopic (exact) mass is 219 g/mol. The number of nitriles is 1. The van der Waals surface area contributed by atoms with Gasteiger partial charge in [0.2, 0.25) is 0 Å². The zero-order chi connectivity index (χ0) is 12.0. The number of rotatable bonds is 5. The van der Waals surface area contributed by atoms with Crippen LogP contribution < -0.4 is 0 Å². The molecule has 1 aromatic rings. The number of hydrogen-bond acceptors (Lipinski definition) is 1. The first-order valence-electron chi connectivity index (χ1n) is 5.81. The van der Waals surface area contributed by atoms with E-state index in [9.17, 15) is 4.39 Å². The Hall–Kier alpha value is -1.36. The van der Waals surface area contributed by atoms with Crippen molar-refractivity contribution in [1.82, 2.24) is 0 Å². The molecule has 1 nitrogen and oxygen atoms in total. The normalized spacial score (nSPS) is 12.1. The minimum absolute atomic E-state index is 0.117. The summed E-state index contributed by atoms with van der Waals surface area (Å²) in [6.45, 7) is 3.61. The second-order valence-corrected chi connectivity index (χ2v) is 4.23. The molecule has 2 heteroatoms. The van der Waals surface area contributed by atoms with Crippen LogP contribution in [-0.2, 0) is 6.42 Å². The highest BCUT2D eigenvalue weighted by Crippen LogP contribution is 2.20. The van der Waals surface area contributed by atoms with Crippen LogP contribution in [0.4, 0.5) is 4.39 Å². The molecule has 0 aliphatic rings. The van der Waals surface area contributed by atoms with Crippen LogP contribution in [0.3, 0.4) is 0 Å². The number of benzene rings is 1. The molecule has 1 rings (SSSR count). The lowest BCUT2D eigenvalue weighted by Gasteiger charge is -2.10. The van der Waals surface area contributed by atoms with E-state index in [1.807, 2.05) is 19.1 Å². The van der Waals surface area contributed by atoms with E-state index in [0.717, 1.165) is 30.4 Å². The first-order valence-corrected chi connectivity index (χ1v) is 5.81. The van der Waals surface area contributed by atoms with Gasteiger partial charge < -0.3 is 0 Å². The van der Waals surface area contributed by atoms with E-state index in [2.05, 4.69) is 13.0 Å². The van der Waals surface area contributed by atoms with Crippen LogP contribution in [-0.4, -0.2) is 6.67 Å². The molecule has 0 aromatic heterocycles. The molecule has 86 valence electrons. The number of hydrogen-bond donors (Lipinski definition) is 0. The van der Waals surface area contributed by atoms with Crippen molar-refractivity contribution in [3.63, 3.8) is 0 Å². The van der Waals surface area contributed by atoms with E-state index in [1.165, 1.54) is 0 Å². The molecule has 0 saturated heterocycles. The average molecular weight is 219 g/mol. The van der Waals surface area contributed by atoms with Gasteiger partial charge in [0.25, 0.3) is 0 Å². The predicted octanol–water partition coefficient (Wildman–Crippen LogP) is 3.97. The van der Waals surface area contributed by atoms with Gasteiger partial charge >= 0.3 is 0 Å². The average Bonchev–Trinajstić information content (AvgIpc) is 2.34. The Morgan fingerprint density at radius 2 is 2.12 bits per heavy atom. The molecule has 0 fully saturated rings. The zero-order valence-electron chi connectivity index (χ0n) is 9.96. The largest absolute Gasteiger partial charge is 0.250 e. The molecule has 1 aromatic carbocycles. The molecule has 0 saturated carbocycles. The number of aryl methyl sites for hydroxylation is 1. The van der Waals surface area contributed by atoms with Crippen LogP contribution in [0.5, 0.6) is 0 Å². The predicted molar refractivity (Wildman–Crippen MR) is 64.2 cm³/mol. The highest BCUT2D eigenvalue weighted by molar-refractivity contribution is 5.39. The molecule has 1 atom stereocenters. The summed E-state index contributed by atoms with van der Waals surface area (Å²) in [6, 6.07) is 7.87. The van der Waals surface area contributed by atoms with Gasteiger partial charge in [0.15, 0.2) is 0 Å². The summed E-state index contributed by atoms with van der Waals surface area (Å²) in [6.07, 6.45) is 3.21. The molecule has 0 aliphatic heterocycles. The summed E-state index contributed by atoms with van der Waals surface area (Å²) in [5.41, 5.74) is 2.73. The molecule has 0 heterocycles. The SMILES string of the molecule is CCCCc1cc(C#N)cc(C(C)CF)c1. The third-order valence-corrected chi connectivity index (χ3v) is 2.76. The lowest BCUT2D eigenvalue weighted by Crippen LogP contribution is -1.98. The standard InChI is InChI=1S/C14H18FN/c1-3-4-5-12-6-13(10-16)8-14(7-12)11(2)9-15/h6-8,11H,3-5,9H2,1-2H3.